The molecule has 0 amide bonds. The van der Waals surface area contributed by atoms with E-state index in [2.05, 4.69) is 19.6 Å². The minimum atomic E-state index is -1.42. The van der Waals surface area contributed by atoms with Crippen molar-refractivity contribution in [1.82, 2.24) is 0 Å². The van der Waals surface area contributed by atoms with E-state index in [4.69, 9.17) is 11.6 Å². The molecule has 0 radical (unpaired) electrons. The van der Waals surface area contributed by atoms with E-state index in [1.54, 1.807) is 6.07 Å². The van der Waals surface area contributed by atoms with Gasteiger partial charge in [0.25, 0.3) is 0 Å². The molecule has 1 aromatic carbocycles. The van der Waals surface area contributed by atoms with Crippen molar-refractivity contribution in [2.24, 2.45) is 0 Å². The summed E-state index contributed by atoms with van der Waals surface area (Å²) in [6.45, 7) is 6.49. The fourth-order valence-corrected chi connectivity index (χ4v) is 2.46. The molecule has 0 fully saturated rings. The molecule has 0 N–H and O–H groups in total. The van der Waals surface area contributed by atoms with E-state index in [9.17, 15) is 4.39 Å². The molecule has 0 aliphatic heterocycles. The minimum Gasteiger partial charge on any atom is -0.207 e. The Labute approximate surface area is 78.4 Å². The molecule has 0 aromatic heterocycles. The summed E-state index contributed by atoms with van der Waals surface area (Å²) in [6.07, 6.45) is 0. The fraction of sp³-hybridized carbons (Fsp3) is 0.333. The molecule has 0 aliphatic carbocycles. The molecule has 0 saturated carbocycles. The van der Waals surface area contributed by atoms with Crippen LogP contribution in [0.25, 0.3) is 0 Å². The molecule has 66 valence electrons. The third kappa shape index (κ3) is 2.32. The van der Waals surface area contributed by atoms with Crippen LogP contribution in [0.3, 0.4) is 0 Å². The Bertz CT molecular complexity index is 271. The van der Waals surface area contributed by atoms with Crippen molar-refractivity contribution >= 4 is 24.9 Å². The van der Waals surface area contributed by atoms with Gasteiger partial charge in [0.1, 0.15) is 5.82 Å². The third-order valence-corrected chi connectivity index (χ3v) is 3.97. The maximum absolute atomic E-state index is 12.9. The highest BCUT2D eigenvalue weighted by atomic mass is 35.5. The average molecular weight is 203 g/mol. The second-order valence-electron chi connectivity index (χ2n) is 3.91. The lowest BCUT2D eigenvalue weighted by Crippen LogP contribution is -2.37. The van der Waals surface area contributed by atoms with Gasteiger partial charge >= 0.3 is 0 Å². The van der Waals surface area contributed by atoms with E-state index < -0.39 is 8.07 Å². The Morgan fingerprint density at radius 3 is 2.17 bits per heavy atom. The van der Waals surface area contributed by atoms with E-state index in [1.165, 1.54) is 6.07 Å². The summed E-state index contributed by atoms with van der Waals surface area (Å²) in [4.78, 5) is 0. The first-order valence-corrected chi connectivity index (χ1v) is 7.74. The SMILES string of the molecule is C[Si](C)(C)c1cc(F)cc(Cl)c1. The molecule has 0 saturated heterocycles. The van der Waals surface area contributed by atoms with Gasteiger partial charge in [-0.15, -0.1) is 0 Å². The van der Waals surface area contributed by atoms with Gasteiger partial charge in [0, 0.05) is 5.02 Å². The van der Waals surface area contributed by atoms with Crippen molar-refractivity contribution in [1.29, 1.82) is 0 Å². The van der Waals surface area contributed by atoms with Crippen LogP contribution in [-0.4, -0.2) is 8.07 Å². The Morgan fingerprint density at radius 2 is 1.75 bits per heavy atom. The topological polar surface area (TPSA) is 0 Å². The minimum absolute atomic E-state index is 0.236. The van der Waals surface area contributed by atoms with Gasteiger partial charge in [0.2, 0.25) is 0 Å². The molecular formula is C9H12ClFSi. The van der Waals surface area contributed by atoms with Crippen molar-refractivity contribution in [2.75, 3.05) is 0 Å². The van der Waals surface area contributed by atoms with Crippen LogP contribution in [0, 0.1) is 5.82 Å². The van der Waals surface area contributed by atoms with Gasteiger partial charge in [-0.3, -0.25) is 0 Å². The monoisotopic (exact) mass is 202 g/mol. The zero-order chi connectivity index (χ0) is 9.35. The third-order valence-electron chi connectivity index (χ3n) is 1.73. The van der Waals surface area contributed by atoms with E-state index in [1.807, 2.05) is 6.07 Å². The lowest BCUT2D eigenvalue weighted by Gasteiger charge is -2.16. The molecule has 0 heterocycles. The van der Waals surface area contributed by atoms with E-state index in [-0.39, 0.29) is 5.82 Å². The molecule has 3 heteroatoms. The van der Waals surface area contributed by atoms with Crippen LogP contribution >= 0.6 is 11.6 Å². The summed E-state index contributed by atoms with van der Waals surface area (Å²) in [5.74, 6) is -0.236. The molecule has 1 aromatic rings. The summed E-state index contributed by atoms with van der Waals surface area (Å²) in [5, 5.41) is 1.56. The number of benzene rings is 1. The molecule has 0 unspecified atom stereocenters. The van der Waals surface area contributed by atoms with Crippen LogP contribution < -0.4 is 5.19 Å². The Kier molecular flexibility index (Phi) is 2.59. The van der Waals surface area contributed by atoms with E-state index in [0.717, 1.165) is 5.19 Å². The standard InChI is InChI=1S/C9H12ClFSi/c1-12(2,3)9-5-7(10)4-8(11)6-9/h4-6H,1-3H3. The number of rotatable bonds is 1. The smallest absolute Gasteiger partial charge is 0.124 e. The van der Waals surface area contributed by atoms with Gasteiger partial charge in [0.15, 0.2) is 0 Å². The Hall–Kier alpha value is -0.343. The van der Waals surface area contributed by atoms with Gasteiger partial charge in [-0.05, 0) is 18.2 Å². The predicted octanol–water partition coefficient (Wildman–Crippen LogP) is 3.02. The lowest BCUT2D eigenvalue weighted by molar-refractivity contribution is 0.629. The van der Waals surface area contributed by atoms with Gasteiger partial charge in [-0.1, -0.05) is 36.4 Å². The summed E-state index contributed by atoms with van der Waals surface area (Å²) < 4.78 is 12.9. The second-order valence-corrected chi connectivity index (χ2v) is 9.42. The van der Waals surface area contributed by atoms with Gasteiger partial charge in [-0.25, -0.2) is 4.39 Å². The molecule has 0 atom stereocenters. The van der Waals surface area contributed by atoms with Gasteiger partial charge in [0.05, 0.1) is 8.07 Å². The fourth-order valence-electron chi connectivity index (χ4n) is 0.987. The number of hydrogen-bond acceptors (Lipinski definition) is 0. The highest BCUT2D eigenvalue weighted by Crippen LogP contribution is 2.11. The van der Waals surface area contributed by atoms with Crippen LogP contribution in [0.1, 0.15) is 0 Å². The first-order chi connectivity index (χ1) is 5.39. The highest BCUT2D eigenvalue weighted by Gasteiger charge is 2.17. The predicted molar refractivity (Wildman–Crippen MR) is 54.4 cm³/mol. The zero-order valence-corrected chi connectivity index (χ0v) is 9.24. The van der Waals surface area contributed by atoms with Gasteiger partial charge < -0.3 is 0 Å². The lowest BCUT2D eigenvalue weighted by atomic mass is 10.3. The average Bonchev–Trinajstić information content (AvgIpc) is 1.82. The molecule has 0 nitrogen and oxygen atoms in total. The largest absolute Gasteiger partial charge is 0.207 e. The Morgan fingerprint density at radius 1 is 1.17 bits per heavy atom. The van der Waals surface area contributed by atoms with Gasteiger partial charge in [-0.2, -0.15) is 0 Å². The van der Waals surface area contributed by atoms with E-state index >= 15 is 0 Å². The van der Waals surface area contributed by atoms with Crippen LogP contribution in [0.4, 0.5) is 4.39 Å². The van der Waals surface area contributed by atoms with Crippen molar-refractivity contribution in [3.8, 4) is 0 Å². The van der Waals surface area contributed by atoms with Crippen LogP contribution in [0.15, 0.2) is 18.2 Å². The maximum Gasteiger partial charge on any atom is 0.124 e. The van der Waals surface area contributed by atoms with Crippen LogP contribution in [0.2, 0.25) is 24.7 Å². The number of halogens is 2. The van der Waals surface area contributed by atoms with Crippen LogP contribution in [-0.2, 0) is 0 Å². The molecule has 0 bridgehead atoms. The molecule has 0 aliphatic rings. The zero-order valence-electron chi connectivity index (χ0n) is 7.49. The summed E-state index contributed by atoms with van der Waals surface area (Å²) >= 11 is 5.74. The highest BCUT2D eigenvalue weighted by molar-refractivity contribution is 6.88. The van der Waals surface area contributed by atoms with Crippen molar-refractivity contribution < 1.29 is 4.39 Å². The quantitative estimate of drug-likeness (QED) is 0.615. The van der Waals surface area contributed by atoms with Crippen molar-refractivity contribution in [2.45, 2.75) is 19.6 Å². The molecule has 1 rings (SSSR count). The summed E-state index contributed by atoms with van der Waals surface area (Å²) in [5.41, 5.74) is 0. The van der Waals surface area contributed by atoms with Crippen molar-refractivity contribution in [3.05, 3.63) is 29.0 Å². The first kappa shape index (κ1) is 9.74. The first-order valence-electron chi connectivity index (χ1n) is 3.86. The second kappa shape index (κ2) is 3.19. The molecule has 12 heavy (non-hydrogen) atoms. The summed E-state index contributed by atoms with van der Waals surface area (Å²) in [6, 6.07) is 4.78. The summed E-state index contributed by atoms with van der Waals surface area (Å²) in [7, 11) is -1.42. The van der Waals surface area contributed by atoms with Crippen LogP contribution in [0.5, 0.6) is 0 Å². The molecule has 0 spiro atoms. The normalized spacial score (nSPS) is 11.8. The van der Waals surface area contributed by atoms with E-state index in [0.29, 0.717) is 5.02 Å². The Balaban J connectivity index is 3.18. The maximum atomic E-state index is 12.9. The number of hydrogen-bond donors (Lipinski definition) is 0. The van der Waals surface area contributed by atoms with Crippen molar-refractivity contribution in [3.63, 3.8) is 0 Å². The molecular weight excluding hydrogens is 191 g/mol.